The van der Waals surface area contributed by atoms with Gasteiger partial charge in [-0.25, -0.2) is 0 Å². The molecule has 6 heteroatoms. The number of carbonyl (C=O) groups is 2. The van der Waals surface area contributed by atoms with E-state index in [-0.39, 0.29) is 36.2 Å². The lowest BCUT2D eigenvalue weighted by Gasteiger charge is -2.56. The molecule has 138 valence electrons. The molecular weight excluding hydrogens is 326 g/mol. The summed E-state index contributed by atoms with van der Waals surface area (Å²) in [5.74, 6) is 2.58. The summed E-state index contributed by atoms with van der Waals surface area (Å²) in [6.07, 6.45) is 9.45. The van der Waals surface area contributed by atoms with Gasteiger partial charge in [-0.2, -0.15) is 0 Å². The van der Waals surface area contributed by atoms with Gasteiger partial charge >= 0.3 is 0 Å². The molecule has 0 aliphatic heterocycles. The number of halogens is 1. The van der Waals surface area contributed by atoms with Gasteiger partial charge in [-0.05, 0) is 81.7 Å². The lowest BCUT2D eigenvalue weighted by atomic mass is 9.49. The fraction of sp³-hybridized carbons (Fsp3) is 0.889. The van der Waals surface area contributed by atoms with Crippen LogP contribution in [-0.2, 0) is 9.59 Å². The fourth-order valence-corrected chi connectivity index (χ4v) is 5.64. The van der Waals surface area contributed by atoms with Gasteiger partial charge in [-0.15, -0.1) is 12.4 Å². The van der Waals surface area contributed by atoms with E-state index in [2.05, 4.69) is 16.0 Å². The molecule has 24 heavy (non-hydrogen) atoms. The van der Waals surface area contributed by atoms with Crippen LogP contribution in [-0.4, -0.2) is 38.5 Å². The number of rotatable bonds is 8. The zero-order valence-corrected chi connectivity index (χ0v) is 15.6. The molecular formula is C18H32ClN3O2. The van der Waals surface area contributed by atoms with Crippen molar-refractivity contribution < 1.29 is 9.59 Å². The molecule has 0 spiro atoms. The van der Waals surface area contributed by atoms with Crippen LogP contribution in [0.1, 0.15) is 51.4 Å². The second-order valence-electron chi connectivity index (χ2n) is 8.18. The van der Waals surface area contributed by atoms with Gasteiger partial charge in [-0.1, -0.05) is 0 Å². The third kappa shape index (κ3) is 4.85. The van der Waals surface area contributed by atoms with Crippen LogP contribution in [0.4, 0.5) is 0 Å². The van der Waals surface area contributed by atoms with E-state index in [0.29, 0.717) is 13.0 Å². The van der Waals surface area contributed by atoms with Gasteiger partial charge < -0.3 is 16.0 Å². The molecule has 0 aromatic carbocycles. The molecule has 4 aliphatic rings. The van der Waals surface area contributed by atoms with Gasteiger partial charge in [0.15, 0.2) is 0 Å². The van der Waals surface area contributed by atoms with Gasteiger partial charge in [0.1, 0.15) is 0 Å². The molecule has 5 nitrogen and oxygen atoms in total. The van der Waals surface area contributed by atoms with E-state index in [9.17, 15) is 9.59 Å². The first kappa shape index (κ1) is 19.5. The Labute approximate surface area is 151 Å². The molecule has 0 radical (unpaired) electrons. The van der Waals surface area contributed by atoms with Crippen LogP contribution in [0.15, 0.2) is 0 Å². The molecule has 0 unspecified atom stereocenters. The first-order valence-corrected chi connectivity index (χ1v) is 9.26. The van der Waals surface area contributed by atoms with Crippen LogP contribution in [0.5, 0.6) is 0 Å². The fourth-order valence-electron chi connectivity index (χ4n) is 5.64. The molecule has 2 amide bonds. The molecule has 0 aromatic heterocycles. The molecule has 0 saturated heterocycles. The van der Waals surface area contributed by atoms with Gasteiger partial charge in [0.2, 0.25) is 11.8 Å². The van der Waals surface area contributed by atoms with E-state index >= 15 is 0 Å². The highest BCUT2D eigenvalue weighted by atomic mass is 35.5. The van der Waals surface area contributed by atoms with Crippen LogP contribution >= 0.6 is 12.4 Å². The zero-order chi connectivity index (χ0) is 16.3. The summed E-state index contributed by atoms with van der Waals surface area (Å²) < 4.78 is 0. The number of amides is 2. The Kier molecular flexibility index (Phi) is 6.93. The topological polar surface area (TPSA) is 70.2 Å². The van der Waals surface area contributed by atoms with E-state index < -0.39 is 0 Å². The first-order valence-electron chi connectivity index (χ1n) is 9.26. The molecule has 4 fully saturated rings. The molecule has 4 bridgehead atoms. The van der Waals surface area contributed by atoms with E-state index in [1.54, 1.807) is 0 Å². The maximum Gasteiger partial charge on any atom is 0.239 e. The van der Waals surface area contributed by atoms with E-state index in [1.165, 1.54) is 38.5 Å². The Morgan fingerprint density at radius 3 is 2.04 bits per heavy atom. The van der Waals surface area contributed by atoms with Crippen LogP contribution < -0.4 is 16.0 Å². The van der Waals surface area contributed by atoms with Crippen molar-refractivity contribution in [2.75, 3.05) is 26.7 Å². The van der Waals surface area contributed by atoms with Crippen LogP contribution in [0.3, 0.4) is 0 Å². The van der Waals surface area contributed by atoms with E-state index in [1.807, 2.05) is 7.05 Å². The number of hydrogen-bond acceptors (Lipinski definition) is 3. The Hall–Kier alpha value is -0.810. The number of nitrogens with one attached hydrogen (secondary N) is 3. The molecule has 0 atom stereocenters. The Bertz CT molecular complexity index is 420. The number of hydrogen-bond donors (Lipinski definition) is 3. The van der Waals surface area contributed by atoms with Crippen molar-refractivity contribution in [1.82, 2.24) is 16.0 Å². The summed E-state index contributed by atoms with van der Waals surface area (Å²) in [7, 11) is 1.90. The lowest BCUT2D eigenvalue weighted by molar-refractivity contribution is -0.131. The van der Waals surface area contributed by atoms with Crippen molar-refractivity contribution in [3.63, 3.8) is 0 Å². The predicted octanol–water partition coefficient (Wildman–Crippen LogP) is 1.86. The van der Waals surface area contributed by atoms with Crippen LogP contribution in [0.2, 0.25) is 0 Å². The standard InChI is InChI=1S/C18H31N3O2.ClH/c1-19-3-2-4-20-17(23)12-21-16(22)11-18-8-13-5-14(9-18)7-15(6-13)10-18;/h13-15,19H,2-12H2,1H3,(H,20,23)(H,21,22);1H. The molecule has 3 N–H and O–H groups in total. The predicted molar refractivity (Wildman–Crippen MR) is 97.0 cm³/mol. The third-order valence-corrected chi connectivity index (χ3v) is 6.07. The molecule has 0 aromatic rings. The minimum Gasteiger partial charge on any atom is -0.355 e. The van der Waals surface area contributed by atoms with Gasteiger partial charge in [0.25, 0.3) is 0 Å². The zero-order valence-electron chi connectivity index (χ0n) is 14.7. The Morgan fingerprint density at radius 2 is 1.50 bits per heavy atom. The average Bonchev–Trinajstić information content (AvgIpc) is 2.48. The average molecular weight is 358 g/mol. The van der Waals surface area contributed by atoms with Crippen molar-refractivity contribution in [1.29, 1.82) is 0 Å². The Morgan fingerprint density at radius 1 is 0.917 bits per heavy atom. The minimum absolute atomic E-state index is 0. The highest BCUT2D eigenvalue weighted by Gasteiger charge is 2.51. The van der Waals surface area contributed by atoms with E-state index in [4.69, 9.17) is 0 Å². The first-order chi connectivity index (χ1) is 11.1. The molecule has 0 heterocycles. The van der Waals surface area contributed by atoms with Crippen LogP contribution in [0, 0.1) is 23.2 Å². The Balaban J connectivity index is 0.00000208. The normalized spacial score (nSPS) is 33.0. The van der Waals surface area contributed by atoms with Crippen molar-refractivity contribution in [2.24, 2.45) is 23.2 Å². The lowest BCUT2D eigenvalue weighted by Crippen LogP contribution is -2.48. The SMILES string of the molecule is CNCCCNC(=O)CNC(=O)CC12CC3CC(CC(C3)C1)C2.Cl. The monoisotopic (exact) mass is 357 g/mol. The van der Waals surface area contributed by atoms with Gasteiger partial charge in [0.05, 0.1) is 6.54 Å². The van der Waals surface area contributed by atoms with Gasteiger partial charge in [-0.3, -0.25) is 9.59 Å². The highest BCUT2D eigenvalue weighted by Crippen LogP contribution is 2.61. The summed E-state index contributed by atoms with van der Waals surface area (Å²) in [6.45, 7) is 1.66. The highest BCUT2D eigenvalue weighted by molar-refractivity contribution is 5.85. The van der Waals surface area contributed by atoms with Crippen LogP contribution in [0.25, 0.3) is 0 Å². The maximum atomic E-state index is 12.3. The summed E-state index contributed by atoms with van der Waals surface area (Å²) in [6, 6.07) is 0. The van der Waals surface area contributed by atoms with Crippen molar-refractivity contribution in [3.05, 3.63) is 0 Å². The minimum atomic E-state index is -0.0834. The van der Waals surface area contributed by atoms with E-state index in [0.717, 1.165) is 30.7 Å². The second kappa shape index (κ2) is 8.52. The second-order valence-corrected chi connectivity index (χ2v) is 8.18. The molecule has 4 saturated carbocycles. The molecule has 4 rings (SSSR count). The summed E-state index contributed by atoms with van der Waals surface area (Å²) in [5.41, 5.74) is 0.252. The largest absolute Gasteiger partial charge is 0.355 e. The van der Waals surface area contributed by atoms with Crippen molar-refractivity contribution in [2.45, 2.75) is 51.4 Å². The van der Waals surface area contributed by atoms with Crippen molar-refractivity contribution in [3.8, 4) is 0 Å². The number of carbonyl (C=O) groups excluding carboxylic acids is 2. The smallest absolute Gasteiger partial charge is 0.239 e. The van der Waals surface area contributed by atoms with Crippen molar-refractivity contribution >= 4 is 24.2 Å². The van der Waals surface area contributed by atoms with Gasteiger partial charge in [0, 0.05) is 13.0 Å². The summed E-state index contributed by atoms with van der Waals surface area (Å²) in [5, 5.41) is 8.71. The third-order valence-electron chi connectivity index (χ3n) is 6.07. The molecule has 4 aliphatic carbocycles. The quantitative estimate of drug-likeness (QED) is 0.581. The summed E-state index contributed by atoms with van der Waals surface area (Å²) >= 11 is 0. The maximum absolute atomic E-state index is 12.3. The summed E-state index contributed by atoms with van der Waals surface area (Å²) in [4.78, 5) is 24.0.